The quantitative estimate of drug-likeness (QED) is 0.507. The molecule has 0 N–H and O–H groups in total. The molecule has 16 heavy (non-hydrogen) atoms. The van der Waals surface area contributed by atoms with Gasteiger partial charge in [-0.1, -0.05) is 18.2 Å². The molecule has 0 bridgehead atoms. The predicted octanol–water partition coefficient (Wildman–Crippen LogP) is 4.98. The summed E-state index contributed by atoms with van der Waals surface area (Å²) in [6.45, 7) is 6.57. The molecule has 0 nitrogen and oxygen atoms in total. The van der Waals surface area contributed by atoms with Gasteiger partial charge >= 0.3 is 0 Å². The van der Waals surface area contributed by atoms with Crippen molar-refractivity contribution in [2.24, 2.45) is 0 Å². The van der Waals surface area contributed by atoms with Gasteiger partial charge in [0, 0.05) is 20.2 Å². The van der Waals surface area contributed by atoms with Crippen LogP contribution >= 0.6 is 11.3 Å². The van der Waals surface area contributed by atoms with Crippen LogP contribution in [-0.2, 0) is 0 Å². The Labute approximate surface area is 99.5 Å². The average Bonchev–Trinajstić information content (AvgIpc) is 2.59. The topological polar surface area (TPSA) is 0 Å². The highest BCUT2D eigenvalue weighted by Crippen LogP contribution is 2.36. The lowest BCUT2D eigenvalue weighted by atomic mass is 10.0. The molecule has 0 saturated carbocycles. The van der Waals surface area contributed by atoms with Crippen LogP contribution < -0.4 is 0 Å². The van der Waals surface area contributed by atoms with Gasteiger partial charge in [0.05, 0.1) is 0 Å². The van der Waals surface area contributed by atoms with Gasteiger partial charge in [0.25, 0.3) is 0 Å². The first-order valence-corrected chi connectivity index (χ1v) is 6.37. The molecule has 0 fully saturated rings. The Balaban J connectivity index is 2.56. The van der Waals surface area contributed by atoms with Gasteiger partial charge in [-0.2, -0.15) is 0 Å². The smallest absolute Gasteiger partial charge is 0.0384 e. The third kappa shape index (κ3) is 1.28. The largest absolute Gasteiger partial charge is 0.135 e. The fourth-order valence-corrected chi connectivity index (χ4v) is 3.45. The van der Waals surface area contributed by atoms with E-state index >= 15 is 0 Å². The van der Waals surface area contributed by atoms with Crippen LogP contribution in [0.25, 0.3) is 20.2 Å². The van der Waals surface area contributed by atoms with Gasteiger partial charge in [-0.3, -0.25) is 0 Å². The maximum absolute atomic E-state index is 2.32. The van der Waals surface area contributed by atoms with Crippen LogP contribution in [0, 0.1) is 20.8 Å². The van der Waals surface area contributed by atoms with Crippen LogP contribution in [0.2, 0.25) is 0 Å². The van der Waals surface area contributed by atoms with Crippen molar-refractivity contribution < 1.29 is 0 Å². The van der Waals surface area contributed by atoms with E-state index in [9.17, 15) is 0 Å². The number of aryl methyl sites for hydroxylation is 3. The minimum absolute atomic E-state index is 1.38. The summed E-state index contributed by atoms with van der Waals surface area (Å²) < 4.78 is 2.84. The molecule has 0 aliphatic heterocycles. The summed E-state index contributed by atoms with van der Waals surface area (Å²) >= 11 is 1.91. The Bertz CT molecular complexity index is 689. The van der Waals surface area contributed by atoms with Crippen molar-refractivity contribution in [3.8, 4) is 0 Å². The number of hydrogen-bond acceptors (Lipinski definition) is 1. The fraction of sp³-hybridized carbons (Fsp3) is 0.200. The van der Waals surface area contributed by atoms with Crippen molar-refractivity contribution in [1.29, 1.82) is 0 Å². The third-order valence-electron chi connectivity index (χ3n) is 3.31. The standard InChI is InChI=1S/C15H14S/c1-9-5-4-6-12-13-7-10(2)11(3)8-14(13)16-15(9)12/h4-8H,1-3H3. The van der Waals surface area contributed by atoms with Crippen molar-refractivity contribution in [1.82, 2.24) is 0 Å². The molecule has 80 valence electrons. The Kier molecular flexibility index (Phi) is 2.05. The van der Waals surface area contributed by atoms with Crippen molar-refractivity contribution >= 4 is 31.5 Å². The van der Waals surface area contributed by atoms with E-state index in [4.69, 9.17) is 0 Å². The number of thiophene rings is 1. The van der Waals surface area contributed by atoms with Crippen molar-refractivity contribution in [2.75, 3.05) is 0 Å². The molecular formula is C15H14S. The molecule has 1 heterocycles. The lowest BCUT2D eigenvalue weighted by Gasteiger charge is -1.99. The minimum Gasteiger partial charge on any atom is -0.135 e. The first-order chi connectivity index (χ1) is 7.66. The molecule has 3 aromatic rings. The second kappa shape index (κ2) is 3.33. The van der Waals surface area contributed by atoms with Gasteiger partial charge in [-0.05, 0) is 49.6 Å². The Hall–Kier alpha value is -1.34. The van der Waals surface area contributed by atoms with E-state index in [1.165, 1.54) is 36.9 Å². The zero-order valence-corrected chi connectivity index (χ0v) is 10.6. The first kappa shape index (κ1) is 9.86. The Morgan fingerprint density at radius 1 is 0.812 bits per heavy atom. The minimum atomic E-state index is 1.38. The molecule has 0 spiro atoms. The number of benzene rings is 2. The summed E-state index contributed by atoms with van der Waals surface area (Å²) in [5.41, 5.74) is 4.15. The van der Waals surface area contributed by atoms with Gasteiger partial charge in [-0.25, -0.2) is 0 Å². The predicted molar refractivity (Wildman–Crippen MR) is 73.5 cm³/mol. The van der Waals surface area contributed by atoms with E-state index in [0.29, 0.717) is 0 Å². The maximum atomic E-state index is 2.32. The van der Waals surface area contributed by atoms with Crippen LogP contribution in [0.15, 0.2) is 30.3 Å². The molecule has 0 radical (unpaired) electrons. The van der Waals surface area contributed by atoms with E-state index in [-0.39, 0.29) is 0 Å². The maximum Gasteiger partial charge on any atom is 0.0384 e. The highest BCUT2D eigenvalue weighted by Gasteiger charge is 2.07. The zero-order chi connectivity index (χ0) is 11.3. The summed E-state index contributed by atoms with van der Waals surface area (Å²) in [6.07, 6.45) is 0. The van der Waals surface area contributed by atoms with Gasteiger partial charge in [0.2, 0.25) is 0 Å². The molecule has 0 saturated heterocycles. The van der Waals surface area contributed by atoms with Crippen molar-refractivity contribution in [3.63, 3.8) is 0 Å². The van der Waals surface area contributed by atoms with Crippen molar-refractivity contribution in [3.05, 3.63) is 47.0 Å². The third-order valence-corrected chi connectivity index (χ3v) is 4.61. The van der Waals surface area contributed by atoms with E-state index in [2.05, 4.69) is 51.1 Å². The molecule has 3 rings (SSSR count). The monoisotopic (exact) mass is 226 g/mol. The molecule has 2 aromatic carbocycles. The summed E-state index contributed by atoms with van der Waals surface area (Å²) in [5.74, 6) is 0. The zero-order valence-electron chi connectivity index (χ0n) is 9.79. The van der Waals surface area contributed by atoms with E-state index in [0.717, 1.165) is 0 Å². The number of rotatable bonds is 0. The van der Waals surface area contributed by atoms with Crippen LogP contribution in [0.5, 0.6) is 0 Å². The van der Waals surface area contributed by atoms with Gasteiger partial charge in [0.1, 0.15) is 0 Å². The van der Waals surface area contributed by atoms with E-state index in [1.54, 1.807) is 0 Å². The highest BCUT2D eigenvalue weighted by molar-refractivity contribution is 7.26. The molecular weight excluding hydrogens is 212 g/mol. The molecule has 0 amide bonds. The molecule has 0 unspecified atom stereocenters. The fourth-order valence-electron chi connectivity index (χ4n) is 2.19. The van der Waals surface area contributed by atoms with Crippen LogP contribution in [-0.4, -0.2) is 0 Å². The summed E-state index contributed by atoms with van der Waals surface area (Å²) in [6, 6.07) is 11.2. The lowest BCUT2D eigenvalue weighted by Crippen LogP contribution is -1.78. The van der Waals surface area contributed by atoms with Crippen LogP contribution in [0.1, 0.15) is 16.7 Å². The van der Waals surface area contributed by atoms with Crippen LogP contribution in [0.3, 0.4) is 0 Å². The van der Waals surface area contributed by atoms with E-state index in [1.807, 2.05) is 11.3 Å². The Morgan fingerprint density at radius 2 is 1.56 bits per heavy atom. The normalized spacial score (nSPS) is 11.4. The Morgan fingerprint density at radius 3 is 2.38 bits per heavy atom. The van der Waals surface area contributed by atoms with Gasteiger partial charge in [0.15, 0.2) is 0 Å². The summed E-state index contributed by atoms with van der Waals surface area (Å²) in [5, 5.41) is 2.81. The van der Waals surface area contributed by atoms with Crippen LogP contribution in [0.4, 0.5) is 0 Å². The van der Waals surface area contributed by atoms with Gasteiger partial charge in [-0.15, -0.1) is 11.3 Å². The molecule has 1 aromatic heterocycles. The lowest BCUT2D eigenvalue weighted by molar-refractivity contribution is 1.37. The number of hydrogen-bond donors (Lipinski definition) is 0. The van der Waals surface area contributed by atoms with E-state index < -0.39 is 0 Å². The highest BCUT2D eigenvalue weighted by atomic mass is 32.1. The first-order valence-electron chi connectivity index (χ1n) is 5.56. The second-order valence-corrected chi connectivity index (χ2v) is 5.54. The van der Waals surface area contributed by atoms with Gasteiger partial charge < -0.3 is 0 Å². The summed E-state index contributed by atoms with van der Waals surface area (Å²) in [7, 11) is 0. The SMILES string of the molecule is Cc1cc2sc3c(C)cccc3c2cc1C. The average molecular weight is 226 g/mol. The number of fused-ring (bicyclic) bond motifs is 3. The molecule has 1 heteroatoms. The van der Waals surface area contributed by atoms with Crippen molar-refractivity contribution in [2.45, 2.75) is 20.8 Å². The molecule has 0 aliphatic rings. The second-order valence-electron chi connectivity index (χ2n) is 4.49. The molecule has 0 aliphatic carbocycles. The summed E-state index contributed by atoms with van der Waals surface area (Å²) in [4.78, 5) is 0. The molecule has 0 atom stereocenters.